The van der Waals surface area contributed by atoms with Crippen molar-refractivity contribution in [2.24, 2.45) is 0 Å². The molecule has 2 aromatic rings. The minimum absolute atomic E-state index is 0.240. The Bertz CT molecular complexity index is 846. The third-order valence-corrected chi connectivity index (χ3v) is 6.71. The maximum Gasteiger partial charge on any atom is 0.115 e. The predicted molar refractivity (Wildman–Crippen MR) is 113 cm³/mol. The van der Waals surface area contributed by atoms with Gasteiger partial charge in [-0.25, -0.2) is 4.39 Å². The number of β-amino-alcohol motifs (C(OH)–C–C–N with tert-alkyl or cyclic N) is 1. The summed E-state index contributed by atoms with van der Waals surface area (Å²) >= 11 is 1.77. The Kier molecular flexibility index (Phi) is 6.47. The lowest BCUT2D eigenvalue weighted by molar-refractivity contribution is 0.114. The number of halogens is 1. The Hall–Kier alpha value is -1.66. The van der Waals surface area contributed by atoms with E-state index >= 15 is 0 Å². The van der Waals surface area contributed by atoms with Crippen LogP contribution in [-0.2, 0) is 6.67 Å². The van der Waals surface area contributed by atoms with Gasteiger partial charge in [0, 0.05) is 49.1 Å². The SMILES string of the molecule is OCCN1CCN(CC/C=C2\c3ccccc3Sc3ccc(CF)cc32)CC1. The fourth-order valence-electron chi connectivity index (χ4n) is 3.99. The van der Waals surface area contributed by atoms with E-state index in [1.165, 1.54) is 20.9 Å². The highest BCUT2D eigenvalue weighted by Crippen LogP contribution is 2.45. The Morgan fingerprint density at radius 3 is 2.39 bits per heavy atom. The zero-order valence-corrected chi connectivity index (χ0v) is 16.9. The van der Waals surface area contributed by atoms with E-state index in [2.05, 4.69) is 46.2 Å². The van der Waals surface area contributed by atoms with Gasteiger partial charge in [0.1, 0.15) is 6.67 Å². The van der Waals surface area contributed by atoms with E-state index in [0.717, 1.165) is 56.8 Å². The van der Waals surface area contributed by atoms with Crippen molar-refractivity contribution >= 4 is 17.3 Å². The quantitative estimate of drug-likeness (QED) is 0.678. The van der Waals surface area contributed by atoms with Crippen LogP contribution in [0.5, 0.6) is 0 Å². The van der Waals surface area contributed by atoms with E-state index in [9.17, 15) is 4.39 Å². The van der Waals surface area contributed by atoms with Crippen LogP contribution in [0, 0.1) is 0 Å². The van der Waals surface area contributed by atoms with Gasteiger partial charge in [-0.15, -0.1) is 0 Å². The number of aliphatic hydroxyl groups is 1. The fourth-order valence-corrected chi connectivity index (χ4v) is 5.08. The monoisotopic (exact) mass is 398 g/mol. The van der Waals surface area contributed by atoms with Crippen LogP contribution in [0.25, 0.3) is 5.57 Å². The molecule has 0 bridgehead atoms. The van der Waals surface area contributed by atoms with Gasteiger partial charge < -0.3 is 10.0 Å². The first kappa shape index (κ1) is 19.6. The van der Waals surface area contributed by atoms with Crippen LogP contribution >= 0.6 is 11.8 Å². The Morgan fingerprint density at radius 1 is 0.929 bits per heavy atom. The number of rotatable bonds is 6. The molecule has 28 heavy (non-hydrogen) atoms. The largest absolute Gasteiger partial charge is 0.395 e. The number of fused-ring (bicyclic) bond motifs is 2. The minimum Gasteiger partial charge on any atom is -0.395 e. The van der Waals surface area contributed by atoms with Crippen molar-refractivity contribution in [1.29, 1.82) is 0 Å². The molecule has 1 N–H and O–H groups in total. The molecule has 2 aliphatic rings. The molecule has 0 amide bonds. The molecule has 0 atom stereocenters. The first-order valence-corrected chi connectivity index (χ1v) is 10.8. The number of piperazine rings is 1. The summed E-state index contributed by atoms with van der Waals surface area (Å²) in [7, 11) is 0. The summed E-state index contributed by atoms with van der Waals surface area (Å²) in [5.74, 6) is 0. The second-order valence-electron chi connectivity index (χ2n) is 7.38. The van der Waals surface area contributed by atoms with Gasteiger partial charge in [0.2, 0.25) is 0 Å². The van der Waals surface area contributed by atoms with Gasteiger partial charge in [0.25, 0.3) is 0 Å². The highest BCUT2D eigenvalue weighted by atomic mass is 32.2. The molecular weight excluding hydrogens is 371 g/mol. The topological polar surface area (TPSA) is 26.7 Å². The average molecular weight is 399 g/mol. The molecule has 2 aromatic carbocycles. The molecule has 0 spiro atoms. The molecule has 0 aromatic heterocycles. The highest BCUT2D eigenvalue weighted by molar-refractivity contribution is 7.99. The van der Waals surface area contributed by atoms with Crippen molar-refractivity contribution in [3.05, 3.63) is 65.2 Å². The molecule has 0 unspecified atom stereocenters. The second kappa shape index (κ2) is 9.23. The normalized spacial score (nSPS) is 18.9. The van der Waals surface area contributed by atoms with E-state index in [-0.39, 0.29) is 6.61 Å². The highest BCUT2D eigenvalue weighted by Gasteiger charge is 2.21. The van der Waals surface area contributed by atoms with E-state index in [0.29, 0.717) is 0 Å². The van der Waals surface area contributed by atoms with Crippen LogP contribution in [-0.4, -0.2) is 60.8 Å². The Labute approximate surface area is 170 Å². The van der Waals surface area contributed by atoms with Crippen molar-refractivity contribution in [3.8, 4) is 0 Å². The van der Waals surface area contributed by atoms with Gasteiger partial charge in [0.15, 0.2) is 0 Å². The van der Waals surface area contributed by atoms with Gasteiger partial charge >= 0.3 is 0 Å². The zero-order valence-electron chi connectivity index (χ0n) is 16.1. The molecule has 0 aliphatic carbocycles. The molecule has 0 radical (unpaired) electrons. The van der Waals surface area contributed by atoms with Gasteiger partial charge in [-0.3, -0.25) is 4.90 Å². The molecule has 1 saturated heterocycles. The van der Waals surface area contributed by atoms with Crippen molar-refractivity contribution in [3.63, 3.8) is 0 Å². The van der Waals surface area contributed by atoms with Crippen molar-refractivity contribution in [2.45, 2.75) is 22.9 Å². The van der Waals surface area contributed by atoms with Gasteiger partial charge in [-0.05, 0) is 46.9 Å². The number of hydrogen-bond donors (Lipinski definition) is 1. The number of hydrogen-bond acceptors (Lipinski definition) is 4. The molecular formula is C23H27FN2OS. The summed E-state index contributed by atoms with van der Waals surface area (Å²) in [6, 6.07) is 14.5. The maximum atomic E-state index is 13.2. The number of benzene rings is 2. The minimum atomic E-state index is -0.426. The summed E-state index contributed by atoms with van der Waals surface area (Å²) < 4.78 is 13.2. The Morgan fingerprint density at radius 2 is 1.64 bits per heavy atom. The summed E-state index contributed by atoms with van der Waals surface area (Å²) in [4.78, 5) is 7.29. The van der Waals surface area contributed by atoms with Crippen molar-refractivity contribution in [2.75, 3.05) is 45.9 Å². The standard InChI is InChI=1S/C23H27FN2OS/c24-17-18-7-8-23-21(16-18)19(20-4-1-2-6-22(20)28-23)5-3-9-25-10-12-26(13-11-25)14-15-27/h1-2,4-8,16,27H,3,9-15,17H2/b19-5+. The number of aliphatic hydroxyl groups excluding tert-OH is 1. The molecule has 5 heteroatoms. The molecule has 3 nitrogen and oxygen atoms in total. The van der Waals surface area contributed by atoms with Crippen LogP contribution in [0.1, 0.15) is 23.1 Å². The van der Waals surface area contributed by atoms with Crippen molar-refractivity contribution in [1.82, 2.24) is 9.80 Å². The molecule has 2 heterocycles. The first-order chi connectivity index (χ1) is 13.8. The van der Waals surface area contributed by atoms with Crippen LogP contribution in [0.15, 0.2) is 58.3 Å². The van der Waals surface area contributed by atoms with Gasteiger partial charge in [0.05, 0.1) is 6.61 Å². The van der Waals surface area contributed by atoms with E-state index in [1.54, 1.807) is 11.8 Å². The van der Waals surface area contributed by atoms with Crippen molar-refractivity contribution < 1.29 is 9.50 Å². The first-order valence-electron chi connectivity index (χ1n) is 10.0. The van der Waals surface area contributed by atoms with Crippen LogP contribution in [0.4, 0.5) is 4.39 Å². The number of alkyl halides is 1. The van der Waals surface area contributed by atoms with Gasteiger partial charge in [-0.2, -0.15) is 0 Å². The number of nitrogens with zero attached hydrogens (tertiary/aromatic N) is 2. The summed E-state index contributed by atoms with van der Waals surface area (Å²) in [5.41, 5.74) is 4.39. The summed E-state index contributed by atoms with van der Waals surface area (Å²) in [6.45, 7) is 5.79. The Balaban J connectivity index is 1.50. The predicted octanol–water partition coefficient (Wildman–Crippen LogP) is 4.05. The maximum absolute atomic E-state index is 13.2. The van der Waals surface area contributed by atoms with Gasteiger partial charge in [-0.1, -0.05) is 42.1 Å². The zero-order chi connectivity index (χ0) is 19.3. The third kappa shape index (κ3) is 4.33. The third-order valence-electron chi connectivity index (χ3n) is 5.56. The van der Waals surface area contributed by atoms with E-state index in [1.807, 2.05) is 12.1 Å². The lowest BCUT2D eigenvalue weighted by atomic mass is 9.94. The van der Waals surface area contributed by atoms with Crippen LogP contribution < -0.4 is 0 Å². The molecule has 0 saturated carbocycles. The second-order valence-corrected chi connectivity index (χ2v) is 8.46. The van der Waals surface area contributed by atoms with Crippen LogP contribution in [0.2, 0.25) is 0 Å². The molecule has 1 fully saturated rings. The van der Waals surface area contributed by atoms with E-state index in [4.69, 9.17) is 5.11 Å². The average Bonchev–Trinajstić information content (AvgIpc) is 2.74. The lowest BCUT2D eigenvalue weighted by Gasteiger charge is -2.34. The van der Waals surface area contributed by atoms with E-state index < -0.39 is 6.67 Å². The summed E-state index contributed by atoms with van der Waals surface area (Å²) in [6.07, 6.45) is 3.31. The fraction of sp³-hybridized carbons (Fsp3) is 0.391. The lowest BCUT2D eigenvalue weighted by Crippen LogP contribution is -2.47. The van der Waals surface area contributed by atoms with Crippen LogP contribution in [0.3, 0.4) is 0 Å². The smallest absolute Gasteiger partial charge is 0.115 e. The molecule has 4 rings (SSSR count). The summed E-state index contributed by atoms with van der Waals surface area (Å²) in [5, 5.41) is 9.08. The molecule has 148 valence electrons. The molecule has 2 aliphatic heterocycles.